The number of rotatable bonds is 2. The Balaban J connectivity index is 2.43. The fraction of sp³-hybridized carbons (Fsp3) is 0.462. The molecule has 0 bridgehead atoms. The third kappa shape index (κ3) is 2.18. The Morgan fingerprint density at radius 3 is 2.75 bits per heavy atom. The van der Waals surface area contributed by atoms with Gasteiger partial charge in [0.05, 0.1) is 7.11 Å². The number of nitrogens with one attached hydrogen (secondary N) is 1. The number of aryl methyl sites for hydroxylation is 1. The molecule has 1 aromatic carbocycles. The van der Waals surface area contributed by atoms with Crippen LogP contribution >= 0.6 is 0 Å². The van der Waals surface area contributed by atoms with Crippen molar-refractivity contribution in [3.8, 4) is 5.75 Å². The average molecular weight is 219 g/mol. The first-order chi connectivity index (χ1) is 7.70. The molecule has 16 heavy (non-hydrogen) atoms. The maximum absolute atomic E-state index is 11.1. The first-order valence-corrected chi connectivity index (χ1v) is 5.68. The molecule has 0 atom stereocenters. The molecule has 1 aromatic rings. The lowest BCUT2D eigenvalue weighted by molar-refractivity contribution is -0.114. The molecule has 86 valence electrons. The maximum Gasteiger partial charge on any atom is 0.221 e. The number of anilines is 1. The van der Waals surface area contributed by atoms with Crippen LogP contribution in [0.4, 0.5) is 5.69 Å². The lowest BCUT2D eigenvalue weighted by Gasteiger charge is -2.20. The maximum atomic E-state index is 11.1. The Labute approximate surface area is 95.8 Å². The number of hydrogen-bond acceptors (Lipinski definition) is 2. The summed E-state index contributed by atoms with van der Waals surface area (Å²) in [6.07, 6.45) is 4.56. The highest BCUT2D eigenvalue weighted by atomic mass is 16.5. The van der Waals surface area contributed by atoms with Crippen LogP contribution in [0.3, 0.4) is 0 Å². The predicted molar refractivity (Wildman–Crippen MR) is 63.9 cm³/mol. The Morgan fingerprint density at radius 2 is 2.06 bits per heavy atom. The molecule has 1 aliphatic carbocycles. The summed E-state index contributed by atoms with van der Waals surface area (Å²) in [6.45, 7) is 1.54. The first-order valence-electron chi connectivity index (χ1n) is 5.68. The zero-order chi connectivity index (χ0) is 11.5. The van der Waals surface area contributed by atoms with Crippen LogP contribution in [0.15, 0.2) is 12.1 Å². The van der Waals surface area contributed by atoms with E-state index in [9.17, 15) is 4.79 Å². The Bertz CT molecular complexity index is 413. The first kappa shape index (κ1) is 11.0. The van der Waals surface area contributed by atoms with E-state index in [-0.39, 0.29) is 5.91 Å². The topological polar surface area (TPSA) is 38.3 Å². The largest absolute Gasteiger partial charge is 0.497 e. The molecule has 2 rings (SSSR count). The van der Waals surface area contributed by atoms with E-state index >= 15 is 0 Å². The van der Waals surface area contributed by atoms with E-state index in [4.69, 9.17) is 4.74 Å². The van der Waals surface area contributed by atoms with Crippen molar-refractivity contribution in [3.05, 3.63) is 23.3 Å². The molecule has 0 radical (unpaired) electrons. The summed E-state index contributed by atoms with van der Waals surface area (Å²) in [6, 6.07) is 3.99. The number of carbonyl (C=O) groups is 1. The smallest absolute Gasteiger partial charge is 0.221 e. The summed E-state index contributed by atoms with van der Waals surface area (Å²) >= 11 is 0. The van der Waals surface area contributed by atoms with Gasteiger partial charge in [-0.1, -0.05) is 0 Å². The molecule has 0 unspecified atom stereocenters. The van der Waals surface area contributed by atoms with Crippen LogP contribution in [0.25, 0.3) is 0 Å². The second-order valence-corrected chi connectivity index (χ2v) is 4.20. The normalized spacial score (nSPS) is 14.1. The van der Waals surface area contributed by atoms with E-state index in [2.05, 4.69) is 11.4 Å². The lowest BCUT2D eigenvalue weighted by Crippen LogP contribution is -2.12. The number of benzene rings is 1. The highest BCUT2D eigenvalue weighted by molar-refractivity contribution is 5.90. The van der Waals surface area contributed by atoms with Gasteiger partial charge in [-0.3, -0.25) is 4.79 Å². The van der Waals surface area contributed by atoms with Crippen LogP contribution in [0.1, 0.15) is 30.9 Å². The van der Waals surface area contributed by atoms with Gasteiger partial charge in [0.25, 0.3) is 0 Å². The van der Waals surface area contributed by atoms with Crippen LogP contribution in [-0.2, 0) is 17.6 Å². The van der Waals surface area contributed by atoms with E-state index in [1.54, 1.807) is 7.11 Å². The van der Waals surface area contributed by atoms with Gasteiger partial charge < -0.3 is 10.1 Å². The van der Waals surface area contributed by atoms with Crippen molar-refractivity contribution < 1.29 is 9.53 Å². The zero-order valence-corrected chi connectivity index (χ0v) is 9.80. The second kappa shape index (κ2) is 4.56. The number of amides is 1. The zero-order valence-electron chi connectivity index (χ0n) is 9.80. The van der Waals surface area contributed by atoms with Crippen molar-refractivity contribution in [1.29, 1.82) is 0 Å². The molecule has 3 nitrogen and oxygen atoms in total. The third-order valence-corrected chi connectivity index (χ3v) is 2.99. The molecule has 0 spiro atoms. The minimum atomic E-state index is -0.0268. The van der Waals surface area contributed by atoms with E-state index < -0.39 is 0 Å². The summed E-state index contributed by atoms with van der Waals surface area (Å²) in [7, 11) is 1.65. The van der Waals surface area contributed by atoms with Gasteiger partial charge in [-0.25, -0.2) is 0 Å². The summed E-state index contributed by atoms with van der Waals surface area (Å²) in [4.78, 5) is 11.1. The van der Waals surface area contributed by atoms with Crippen molar-refractivity contribution >= 4 is 11.6 Å². The number of hydrogen-bond donors (Lipinski definition) is 1. The number of fused-ring (bicyclic) bond motifs is 1. The van der Waals surface area contributed by atoms with Gasteiger partial charge in [0, 0.05) is 18.7 Å². The molecule has 0 fully saturated rings. The van der Waals surface area contributed by atoms with Gasteiger partial charge in [-0.15, -0.1) is 0 Å². The summed E-state index contributed by atoms with van der Waals surface area (Å²) < 4.78 is 5.25. The highest BCUT2D eigenvalue weighted by Crippen LogP contribution is 2.32. The van der Waals surface area contributed by atoms with Gasteiger partial charge in [0.2, 0.25) is 5.91 Å². The van der Waals surface area contributed by atoms with E-state index in [0.29, 0.717) is 0 Å². The average Bonchev–Trinajstić information content (AvgIpc) is 2.28. The monoisotopic (exact) mass is 219 g/mol. The molecule has 0 saturated heterocycles. The highest BCUT2D eigenvalue weighted by Gasteiger charge is 2.15. The fourth-order valence-electron chi connectivity index (χ4n) is 2.26. The molecular formula is C13H17NO2. The number of ether oxygens (including phenoxy) is 1. The van der Waals surface area contributed by atoms with Crippen molar-refractivity contribution in [2.45, 2.75) is 32.6 Å². The standard InChI is InChI=1S/C13H17NO2/c1-9(15)14-13-8-11(16-2)7-10-5-3-4-6-12(10)13/h7-8H,3-6H2,1-2H3,(H,14,15). The number of carbonyl (C=O) groups excluding carboxylic acids is 1. The Morgan fingerprint density at radius 1 is 1.31 bits per heavy atom. The molecule has 1 aliphatic rings. The Hall–Kier alpha value is -1.51. The SMILES string of the molecule is COc1cc2c(c(NC(C)=O)c1)CCCC2. The molecular weight excluding hydrogens is 202 g/mol. The van der Waals surface area contributed by atoms with Gasteiger partial charge >= 0.3 is 0 Å². The third-order valence-electron chi connectivity index (χ3n) is 2.99. The van der Waals surface area contributed by atoms with E-state index in [1.165, 1.54) is 30.9 Å². The minimum Gasteiger partial charge on any atom is -0.497 e. The van der Waals surface area contributed by atoms with Crippen molar-refractivity contribution in [3.63, 3.8) is 0 Å². The van der Waals surface area contributed by atoms with Crippen LogP contribution in [-0.4, -0.2) is 13.0 Å². The molecule has 0 aromatic heterocycles. The molecule has 0 aliphatic heterocycles. The molecule has 3 heteroatoms. The lowest BCUT2D eigenvalue weighted by atomic mass is 9.90. The molecule has 1 amide bonds. The van der Waals surface area contributed by atoms with E-state index in [0.717, 1.165) is 24.3 Å². The van der Waals surface area contributed by atoms with Crippen LogP contribution in [0.2, 0.25) is 0 Å². The summed E-state index contributed by atoms with van der Waals surface area (Å²) in [5, 5.41) is 2.89. The summed E-state index contributed by atoms with van der Waals surface area (Å²) in [5.74, 6) is 0.797. The van der Waals surface area contributed by atoms with Crippen LogP contribution < -0.4 is 10.1 Å². The molecule has 0 saturated carbocycles. The van der Waals surface area contributed by atoms with Crippen LogP contribution in [0, 0.1) is 0 Å². The Kier molecular flexibility index (Phi) is 3.13. The molecule has 1 N–H and O–H groups in total. The van der Waals surface area contributed by atoms with E-state index in [1.807, 2.05) is 6.07 Å². The number of methoxy groups -OCH3 is 1. The van der Waals surface area contributed by atoms with Crippen molar-refractivity contribution in [1.82, 2.24) is 0 Å². The fourth-order valence-corrected chi connectivity index (χ4v) is 2.26. The molecule has 0 heterocycles. The van der Waals surface area contributed by atoms with Gasteiger partial charge in [-0.05, 0) is 42.9 Å². The van der Waals surface area contributed by atoms with Crippen molar-refractivity contribution in [2.75, 3.05) is 12.4 Å². The second-order valence-electron chi connectivity index (χ2n) is 4.20. The van der Waals surface area contributed by atoms with Gasteiger partial charge in [-0.2, -0.15) is 0 Å². The van der Waals surface area contributed by atoms with Crippen molar-refractivity contribution in [2.24, 2.45) is 0 Å². The predicted octanol–water partition coefficient (Wildman–Crippen LogP) is 2.53. The van der Waals surface area contributed by atoms with Gasteiger partial charge in [0.15, 0.2) is 0 Å². The minimum absolute atomic E-state index is 0.0268. The summed E-state index contributed by atoms with van der Waals surface area (Å²) in [5.41, 5.74) is 3.51. The quantitative estimate of drug-likeness (QED) is 0.830. The van der Waals surface area contributed by atoms with Crippen LogP contribution in [0.5, 0.6) is 5.75 Å². The van der Waals surface area contributed by atoms with Gasteiger partial charge in [0.1, 0.15) is 5.75 Å².